The number of aromatic amines is 1. The number of nitrogens with one attached hydrogen (secondary N) is 1. The molecule has 2 aliphatic heterocycles. The minimum Gasteiger partial charge on any atom is -0.392 e. The van der Waals surface area contributed by atoms with E-state index >= 15 is 0 Å². The number of aromatic nitrogens is 2. The van der Waals surface area contributed by atoms with Crippen LogP contribution in [-0.4, -0.2) is 46.8 Å². The summed E-state index contributed by atoms with van der Waals surface area (Å²) in [7, 11) is 0. The maximum Gasteiger partial charge on any atom is 0.434 e. The molecule has 108 valence electrons. The van der Waals surface area contributed by atoms with Crippen molar-refractivity contribution in [2.45, 2.75) is 31.3 Å². The molecular weight excluding hydrogens is 262 g/mol. The van der Waals surface area contributed by atoms with Crippen LogP contribution in [0.1, 0.15) is 31.1 Å². The van der Waals surface area contributed by atoms with Gasteiger partial charge in [-0.05, 0) is 12.8 Å². The van der Waals surface area contributed by atoms with E-state index in [-0.39, 0.29) is 17.9 Å². The standard InChI is InChI=1S/C13H17N3O4/c17-12(10-3-1-2-8-19-10)16-6-4-9(5-7-16)11-14-15-13(18)20-11/h1-2,9-10H,3-8H2,(H,15,18). The minimum atomic E-state index is -0.527. The lowest BCUT2D eigenvalue weighted by molar-refractivity contribution is -0.144. The third kappa shape index (κ3) is 2.67. The molecule has 1 atom stereocenters. The van der Waals surface area contributed by atoms with Gasteiger partial charge in [-0.25, -0.2) is 9.89 Å². The van der Waals surface area contributed by atoms with Crippen molar-refractivity contribution in [3.63, 3.8) is 0 Å². The van der Waals surface area contributed by atoms with E-state index in [2.05, 4.69) is 10.2 Å². The summed E-state index contributed by atoms with van der Waals surface area (Å²) in [5.41, 5.74) is 0. The topological polar surface area (TPSA) is 88.4 Å². The van der Waals surface area contributed by atoms with Crippen LogP contribution in [0, 0.1) is 0 Å². The number of ether oxygens (including phenoxy) is 1. The van der Waals surface area contributed by atoms with Gasteiger partial charge in [0.05, 0.1) is 6.61 Å². The molecule has 0 bridgehead atoms. The molecule has 0 saturated carbocycles. The molecule has 0 spiro atoms. The number of carbonyl (C=O) groups is 1. The average molecular weight is 279 g/mol. The number of rotatable bonds is 2. The fourth-order valence-electron chi connectivity index (χ4n) is 2.67. The lowest BCUT2D eigenvalue weighted by Gasteiger charge is -2.33. The second-order valence-electron chi connectivity index (χ2n) is 5.08. The van der Waals surface area contributed by atoms with E-state index in [0.717, 1.165) is 12.8 Å². The summed E-state index contributed by atoms with van der Waals surface area (Å²) < 4.78 is 10.4. The lowest BCUT2D eigenvalue weighted by Crippen LogP contribution is -2.44. The first kappa shape index (κ1) is 13.1. The van der Waals surface area contributed by atoms with Gasteiger partial charge in [-0.2, -0.15) is 0 Å². The lowest BCUT2D eigenvalue weighted by atomic mass is 9.96. The highest BCUT2D eigenvalue weighted by molar-refractivity contribution is 5.81. The van der Waals surface area contributed by atoms with Crippen molar-refractivity contribution >= 4 is 5.91 Å². The second kappa shape index (κ2) is 5.62. The molecular formula is C13H17N3O4. The van der Waals surface area contributed by atoms with Crippen molar-refractivity contribution < 1.29 is 13.9 Å². The van der Waals surface area contributed by atoms with Crippen LogP contribution in [0.5, 0.6) is 0 Å². The molecule has 1 N–H and O–H groups in total. The van der Waals surface area contributed by atoms with E-state index in [1.165, 1.54) is 0 Å². The Labute approximate surface area is 115 Å². The first-order chi connectivity index (χ1) is 9.74. The highest BCUT2D eigenvalue weighted by atomic mass is 16.5. The molecule has 7 nitrogen and oxygen atoms in total. The Kier molecular flexibility index (Phi) is 3.68. The molecule has 7 heteroatoms. The molecule has 0 radical (unpaired) electrons. The molecule has 1 saturated heterocycles. The van der Waals surface area contributed by atoms with Gasteiger partial charge in [0.1, 0.15) is 6.10 Å². The maximum absolute atomic E-state index is 12.3. The van der Waals surface area contributed by atoms with Crippen LogP contribution in [0.3, 0.4) is 0 Å². The molecule has 1 amide bonds. The number of likely N-dealkylation sites (tertiary alicyclic amines) is 1. The van der Waals surface area contributed by atoms with Gasteiger partial charge in [-0.15, -0.1) is 5.10 Å². The van der Waals surface area contributed by atoms with E-state index in [0.29, 0.717) is 32.0 Å². The van der Waals surface area contributed by atoms with E-state index in [1.807, 2.05) is 17.1 Å². The Bertz CT molecular complexity index is 554. The summed E-state index contributed by atoms with van der Waals surface area (Å²) in [5, 5.41) is 6.13. The summed E-state index contributed by atoms with van der Waals surface area (Å²) in [6, 6.07) is 0. The van der Waals surface area contributed by atoms with Crippen LogP contribution in [0.4, 0.5) is 0 Å². The molecule has 0 aliphatic carbocycles. The third-order valence-corrected chi connectivity index (χ3v) is 3.80. The van der Waals surface area contributed by atoms with Crippen molar-refractivity contribution in [1.82, 2.24) is 15.1 Å². The number of hydrogen-bond donors (Lipinski definition) is 1. The average Bonchev–Trinajstić information content (AvgIpc) is 2.94. The molecule has 1 unspecified atom stereocenters. The summed E-state index contributed by atoms with van der Waals surface area (Å²) in [6.45, 7) is 1.79. The molecule has 3 rings (SSSR count). The Morgan fingerprint density at radius 1 is 1.35 bits per heavy atom. The van der Waals surface area contributed by atoms with E-state index in [4.69, 9.17) is 9.15 Å². The largest absolute Gasteiger partial charge is 0.434 e. The second-order valence-corrected chi connectivity index (χ2v) is 5.08. The number of carbonyl (C=O) groups excluding carboxylic acids is 1. The molecule has 0 aromatic carbocycles. The van der Waals surface area contributed by atoms with Gasteiger partial charge >= 0.3 is 5.76 Å². The Morgan fingerprint density at radius 3 is 2.75 bits per heavy atom. The highest BCUT2D eigenvalue weighted by Gasteiger charge is 2.31. The highest BCUT2D eigenvalue weighted by Crippen LogP contribution is 2.26. The van der Waals surface area contributed by atoms with Gasteiger partial charge < -0.3 is 14.1 Å². The SMILES string of the molecule is O=C(C1CC=CCO1)N1CCC(c2n[nH]c(=O)o2)CC1. The van der Waals surface area contributed by atoms with Crippen molar-refractivity contribution in [1.29, 1.82) is 0 Å². The third-order valence-electron chi connectivity index (χ3n) is 3.80. The zero-order chi connectivity index (χ0) is 13.9. The predicted octanol–water partition coefficient (Wildman–Crippen LogP) is 0.414. The molecule has 1 fully saturated rings. The Balaban J connectivity index is 1.56. The zero-order valence-electron chi connectivity index (χ0n) is 11.1. The number of amides is 1. The summed E-state index contributed by atoms with van der Waals surface area (Å²) in [4.78, 5) is 25.0. The monoisotopic (exact) mass is 279 g/mol. The Hall–Kier alpha value is -1.89. The van der Waals surface area contributed by atoms with E-state index in [1.54, 1.807) is 0 Å². The molecule has 1 aromatic rings. The smallest absolute Gasteiger partial charge is 0.392 e. The number of piperidine rings is 1. The fourth-order valence-corrected chi connectivity index (χ4v) is 2.67. The van der Waals surface area contributed by atoms with Gasteiger partial charge in [-0.1, -0.05) is 12.2 Å². The molecule has 2 aliphatic rings. The maximum atomic E-state index is 12.3. The van der Waals surface area contributed by atoms with Crippen LogP contribution in [0.2, 0.25) is 0 Å². The van der Waals surface area contributed by atoms with Gasteiger partial charge in [-0.3, -0.25) is 4.79 Å². The first-order valence-electron chi connectivity index (χ1n) is 6.85. The van der Waals surface area contributed by atoms with Gasteiger partial charge in [0, 0.05) is 25.4 Å². The van der Waals surface area contributed by atoms with Crippen LogP contribution in [0.25, 0.3) is 0 Å². The number of H-pyrrole nitrogens is 1. The molecule has 1 aromatic heterocycles. The Morgan fingerprint density at radius 2 is 2.15 bits per heavy atom. The van der Waals surface area contributed by atoms with Crippen molar-refractivity contribution in [3.05, 3.63) is 28.6 Å². The summed E-state index contributed by atoms with van der Waals surface area (Å²) in [6.07, 6.45) is 5.71. The first-order valence-corrected chi connectivity index (χ1v) is 6.85. The van der Waals surface area contributed by atoms with E-state index in [9.17, 15) is 9.59 Å². The van der Waals surface area contributed by atoms with Crippen LogP contribution < -0.4 is 5.76 Å². The quantitative estimate of drug-likeness (QED) is 0.792. The van der Waals surface area contributed by atoms with Crippen molar-refractivity contribution in [2.24, 2.45) is 0 Å². The van der Waals surface area contributed by atoms with Crippen molar-refractivity contribution in [2.75, 3.05) is 19.7 Å². The van der Waals surface area contributed by atoms with Gasteiger partial charge in [0.15, 0.2) is 0 Å². The normalized spacial score (nSPS) is 24.0. The van der Waals surface area contributed by atoms with E-state index < -0.39 is 5.76 Å². The fraction of sp³-hybridized carbons (Fsp3) is 0.615. The predicted molar refractivity (Wildman–Crippen MR) is 69.2 cm³/mol. The molecule has 20 heavy (non-hydrogen) atoms. The van der Waals surface area contributed by atoms with Crippen LogP contribution in [0.15, 0.2) is 21.4 Å². The van der Waals surface area contributed by atoms with Crippen molar-refractivity contribution in [3.8, 4) is 0 Å². The van der Waals surface area contributed by atoms with Crippen LogP contribution in [-0.2, 0) is 9.53 Å². The summed E-state index contributed by atoms with van der Waals surface area (Å²) >= 11 is 0. The summed E-state index contributed by atoms with van der Waals surface area (Å²) in [5.74, 6) is 0.0706. The number of nitrogens with zero attached hydrogens (tertiary/aromatic N) is 2. The molecule has 3 heterocycles. The minimum absolute atomic E-state index is 0.0521. The van der Waals surface area contributed by atoms with Crippen LogP contribution >= 0.6 is 0 Å². The van der Waals surface area contributed by atoms with Gasteiger partial charge in [0.25, 0.3) is 5.91 Å². The number of hydrogen-bond acceptors (Lipinski definition) is 5. The van der Waals surface area contributed by atoms with Gasteiger partial charge in [0.2, 0.25) is 5.89 Å². The zero-order valence-corrected chi connectivity index (χ0v) is 11.1.